The topological polar surface area (TPSA) is 93.3 Å². The van der Waals surface area contributed by atoms with Crippen molar-refractivity contribution in [3.05, 3.63) is 35.3 Å². The number of hydrogen-bond donors (Lipinski definition) is 3. The lowest BCUT2D eigenvalue weighted by Crippen LogP contribution is -2.11. The van der Waals surface area contributed by atoms with Crippen LogP contribution in [-0.4, -0.2) is 24.7 Å². The Balaban J connectivity index is 1.94. The molecule has 0 bridgehead atoms. The smallest absolute Gasteiger partial charge is 0.408 e. The molecule has 0 atom stereocenters. The summed E-state index contributed by atoms with van der Waals surface area (Å²) >= 11 is 0. The van der Waals surface area contributed by atoms with E-state index in [1.807, 2.05) is 6.08 Å². The Morgan fingerprint density at radius 2 is 2.32 bits per heavy atom. The van der Waals surface area contributed by atoms with Gasteiger partial charge in [-0.1, -0.05) is 6.08 Å². The Morgan fingerprint density at radius 3 is 3.11 bits per heavy atom. The molecule has 1 heterocycles. The highest BCUT2D eigenvalue weighted by atomic mass is 16.5. The van der Waals surface area contributed by atoms with Gasteiger partial charge in [0.1, 0.15) is 0 Å². The number of nitrogen functional groups attached to an aromatic ring is 1. The number of benzene rings is 1. The molecule has 0 spiro atoms. The highest BCUT2D eigenvalue weighted by molar-refractivity contribution is 5.85. The van der Waals surface area contributed by atoms with Crippen LogP contribution < -0.4 is 16.8 Å². The van der Waals surface area contributed by atoms with Crippen molar-refractivity contribution in [2.45, 2.75) is 6.42 Å². The quantitative estimate of drug-likeness (QED) is 0.401. The van der Waals surface area contributed by atoms with Crippen LogP contribution in [0.15, 0.2) is 34.0 Å². The van der Waals surface area contributed by atoms with E-state index in [0.717, 1.165) is 12.1 Å². The summed E-state index contributed by atoms with van der Waals surface area (Å²) < 4.78 is 10.3. The molecule has 1 aromatic carbocycles. The van der Waals surface area contributed by atoms with E-state index in [0.29, 0.717) is 36.5 Å². The maximum Gasteiger partial charge on any atom is 0.417 e. The summed E-state index contributed by atoms with van der Waals surface area (Å²) in [7, 11) is 0. The van der Waals surface area contributed by atoms with Gasteiger partial charge in [0.15, 0.2) is 5.58 Å². The van der Waals surface area contributed by atoms with Gasteiger partial charge in [-0.25, -0.2) is 4.79 Å². The summed E-state index contributed by atoms with van der Waals surface area (Å²) in [6.45, 7) is 5.49. The molecular formula is C13H17N3O3. The first-order valence-electron chi connectivity index (χ1n) is 6.05. The Kier molecular flexibility index (Phi) is 4.25. The van der Waals surface area contributed by atoms with E-state index in [1.165, 1.54) is 0 Å². The summed E-state index contributed by atoms with van der Waals surface area (Å²) in [4.78, 5) is 13.6. The summed E-state index contributed by atoms with van der Waals surface area (Å²) in [5, 5.41) is 3.15. The van der Waals surface area contributed by atoms with Gasteiger partial charge in [-0.2, -0.15) is 0 Å². The number of nitrogens with two attached hydrogens (primary N) is 1. The van der Waals surface area contributed by atoms with Gasteiger partial charge in [-0.3, -0.25) is 4.98 Å². The molecule has 0 saturated carbocycles. The van der Waals surface area contributed by atoms with Crippen LogP contribution in [0.4, 0.5) is 11.4 Å². The Morgan fingerprint density at radius 1 is 1.47 bits per heavy atom. The average molecular weight is 263 g/mol. The summed E-state index contributed by atoms with van der Waals surface area (Å²) in [6, 6.07) is 3.37. The number of nitrogens with one attached hydrogen (secondary N) is 2. The van der Waals surface area contributed by atoms with Crippen LogP contribution in [0.5, 0.6) is 0 Å². The number of anilines is 2. The number of aromatic amines is 1. The minimum absolute atomic E-state index is 0.454. The van der Waals surface area contributed by atoms with E-state index in [1.54, 1.807) is 12.1 Å². The zero-order valence-corrected chi connectivity index (χ0v) is 10.6. The van der Waals surface area contributed by atoms with Crippen LogP contribution in [0.25, 0.3) is 11.1 Å². The number of fused-ring (bicyclic) bond motifs is 1. The van der Waals surface area contributed by atoms with Crippen molar-refractivity contribution in [2.75, 3.05) is 30.8 Å². The third kappa shape index (κ3) is 3.38. The minimum atomic E-state index is -0.487. The zero-order valence-electron chi connectivity index (χ0n) is 10.6. The van der Waals surface area contributed by atoms with Gasteiger partial charge in [-0.05, 0) is 12.5 Å². The minimum Gasteiger partial charge on any atom is -0.408 e. The normalized spacial score (nSPS) is 10.7. The lowest BCUT2D eigenvalue weighted by Gasteiger charge is -2.09. The van der Waals surface area contributed by atoms with Gasteiger partial charge in [0.05, 0.1) is 30.1 Å². The molecule has 0 aliphatic carbocycles. The standard InChI is InChI=1S/C13H17N3O3/c1-2-3-5-18-6-4-15-10-8-11-12(7-9(10)14)19-13(17)16-11/h2,7-8,15H,1,3-6,14H2,(H,16,17). The van der Waals surface area contributed by atoms with E-state index in [2.05, 4.69) is 16.9 Å². The molecule has 1 aromatic heterocycles. The van der Waals surface area contributed by atoms with E-state index in [4.69, 9.17) is 14.9 Å². The Bertz CT molecular complexity index is 615. The molecule has 0 amide bonds. The van der Waals surface area contributed by atoms with Crippen LogP contribution in [-0.2, 0) is 4.74 Å². The molecule has 0 radical (unpaired) electrons. The van der Waals surface area contributed by atoms with Crippen molar-refractivity contribution in [1.82, 2.24) is 4.98 Å². The third-order valence-electron chi connectivity index (χ3n) is 2.62. The molecule has 6 nitrogen and oxygen atoms in total. The first-order chi connectivity index (χ1) is 9.20. The number of aromatic nitrogens is 1. The number of ether oxygens (including phenoxy) is 1. The second kappa shape index (κ2) is 6.10. The molecule has 0 unspecified atom stereocenters. The molecule has 2 rings (SSSR count). The van der Waals surface area contributed by atoms with E-state index in [-0.39, 0.29) is 0 Å². The van der Waals surface area contributed by atoms with E-state index < -0.39 is 5.76 Å². The van der Waals surface area contributed by atoms with Crippen LogP contribution in [0.3, 0.4) is 0 Å². The maximum atomic E-state index is 11.1. The van der Waals surface area contributed by atoms with Crippen LogP contribution in [0, 0.1) is 0 Å². The van der Waals surface area contributed by atoms with Crippen LogP contribution in [0.1, 0.15) is 6.42 Å². The van der Waals surface area contributed by atoms with Crippen LogP contribution in [0.2, 0.25) is 0 Å². The van der Waals surface area contributed by atoms with Crippen molar-refractivity contribution in [1.29, 1.82) is 0 Å². The second-order valence-electron chi connectivity index (χ2n) is 4.07. The fourth-order valence-corrected chi connectivity index (χ4v) is 1.69. The fraction of sp³-hybridized carbons (Fsp3) is 0.308. The van der Waals surface area contributed by atoms with Gasteiger partial charge >= 0.3 is 5.76 Å². The second-order valence-corrected chi connectivity index (χ2v) is 4.07. The molecule has 19 heavy (non-hydrogen) atoms. The van der Waals surface area contributed by atoms with Crippen molar-refractivity contribution in [2.24, 2.45) is 0 Å². The summed E-state index contributed by atoms with van der Waals surface area (Å²) in [6.07, 6.45) is 2.65. The molecule has 0 aliphatic rings. The maximum absolute atomic E-state index is 11.1. The lowest BCUT2D eigenvalue weighted by molar-refractivity contribution is 0.149. The van der Waals surface area contributed by atoms with Crippen molar-refractivity contribution in [3.8, 4) is 0 Å². The van der Waals surface area contributed by atoms with Crippen molar-refractivity contribution >= 4 is 22.5 Å². The number of oxazole rings is 1. The number of H-pyrrole nitrogens is 1. The first kappa shape index (κ1) is 13.2. The number of hydrogen-bond acceptors (Lipinski definition) is 5. The molecular weight excluding hydrogens is 246 g/mol. The zero-order chi connectivity index (χ0) is 13.7. The molecule has 2 aromatic rings. The van der Waals surface area contributed by atoms with E-state index in [9.17, 15) is 4.79 Å². The molecule has 0 saturated heterocycles. The highest BCUT2D eigenvalue weighted by Gasteiger charge is 2.06. The largest absolute Gasteiger partial charge is 0.417 e. The monoisotopic (exact) mass is 263 g/mol. The Labute approximate surface area is 110 Å². The molecule has 102 valence electrons. The first-order valence-corrected chi connectivity index (χ1v) is 6.05. The highest BCUT2D eigenvalue weighted by Crippen LogP contribution is 2.23. The van der Waals surface area contributed by atoms with Gasteiger partial charge in [-0.15, -0.1) is 6.58 Å². The molecule has 4 N–H and O–H groups in total. The molecule has 0 aliphatic heterocycles. The SMILES string of the molecule is C=CCCOCCNc1cc2[nH]c(=O)oc2cc1N. The average Bonchev–Trinajstić information content (AvgIpc) is 2.72. The van der Waals surface area contributed by atoms with Gasteiger partial charge in [0.2, 0.25) is 0 Å². The predicted molar refractivity (Wildman–Crippen MR) is 75.4 cm³/mol. The molecule has 6 heteroatoms. The van der Waals surface area contributed by atoms with Gasteiger partial charge in [0.25, 0.3) is 0 Å². The lowest BCUT2D eigenvalue weighted by atomic mass is 10.2. The Hall–Kier alpha value is -2.21. The van der Waals surface area contributed by atoms with Gasteiger partial charge in [0, 0.05) is 12.6 Å². The van der Waals surface area contributed by atoms with Crippen molar-refractivity contribution < 1.29 is 9.15 Å². The van der Waals surface area contributed by atoms with Crippen LogP contribution >= 0.6 is 0 Å². The summed E-state index contributed by atoms with van der Waals surface area (Å²) in [5.74, 6) is -0.487. The van der Waals surface area contributed by atoms with E-state index >= 15 is 0 Å². The van der Waals surface area contributed by atoms with Crippen molar-refractivity contribution in [3.63, 3.8) is 0 Å². The fourth-order valence-electron chi connectivity index (χ4n) is 1.69. The molecule has 0 fully saturated rings. The van der Waals surface area contributed by atoms with Gasteiger partial charge < -0.3 is 20.2 Å². The summed E-state index contributed by atoms with van der Waals surface area (Å²) in [5.41, 5.74) is 8.22. The predicted octanol–water partition coefficient (Wildman–Crippen LogP) is 1.71. The third-order valence-corrected chi connectivity index (χ3v) is 2.62. The number of rotatable bonds is 7.